The Bertz CT molecular complexity index is 2230. The first kappa shape index (κ1) is 38.3. The molecule has 2 aromatic carbocycles. The fraction of sp³-hybridized carbons (Fsp3) is 0.375. The maximum atomic E-state index is 13.6. The average Bonchev–Trinajstić information content (AvgIpc) is 3.98. The summed E-state index contributed by atoms with van der Waals surface area (Å²) in [6.45, 7) is 4.76. The molecule has 1 saturated heterocycles. The molecule has 286 valence electrons. The van der Waals surface area contributed by atoms with Gasteiger partial charge in [-0.05, 0) is 67.3 Å². The van der Waals surface area contributed by atoms with E-state index in [1.165, 1.54) is 14.2 Å². The summed E-state index contributed by atoms with van der Waals surface area (Å²) in [6, 6.07) is 13.0. The average molecular weight is 748 g/mol. The van der Waals surface area contributed by atoms with Crippen LogP contribution in [0, 0.1) is 17.8 Å². The molecule has 15 heteroatoms. The number of imidazole rings is 2. The Hall–Kier alpha value is -6.43. The van der Waals surface area contributed by atoms with Crippen LogP contribution in [0.3, 0.4) is 0 Å². The van der Waals surface area contributed by atoms with Gasteiger partial charge in [-0.25, -0.2) is 19.6 Å². The molecule has 0 saturated carbocycles. The lowest BCUT2D eigenvalue weighted by Crippen LogP contribution is -2.51. The minimum absolute atomic E-state index is 0.111. The monoisotopic (exact) mass is 747 g/mol. The van der Waals surface area contributed by atoms with Crippen LogP contribution in [-0.4, -0.2) is 93.7 Å². The van der Waals surface area contributed by atoms with E-state index in [0.717, 1.165) is 88.1 Å². The molecule has 4 heterocycles. The molecule has 2 atom stereocenters. The number of methoxy groups -OCH3 is 2. The van der Waals surface area contributed by atoms with Crippen molar-refractivity contribution in [1.82, 2.24) is 45.8 Å². The van der Waals surface area contributed by atoms with Gasteiger partial charge in [-0.15, -0.1) is 0 Å². The fourth-order valence-electron chi connectivity index (χ4n) is 6.57. The molecule has 1 fully saturated rings. The third-order valence-electron chi connectivity index (χ3n) is 9.49. The minimum Gasteiger partial charge on any atom is -0.453 e. The lowest BCUT2D eigenvalue weighted by Gasteiger charge is -2.29. The summed E-state index contributed by atoms with van der Waals surface area (Å²) in [5.41, 5.74) is 4.91. The zero-order chi connectivity index (χ0) is 38.9. The van der Waals surface area contributed by atoms with Crippen LogP contribution in [0.4, 0.5) is 9.59 Å². The molecule has 0 spiro atoms. The van der Waals surface area contributed by atoms with Crippen LogP contribution < -0.4 is 16.0 Å². The van der Waals surface area contributed by atoms with Crippen LogP contribution in [0.15, 0.2) is 54.9 Å². The molecule has 4 amide bonds. The van der Waals surface area contributed by atoms with Crippen LogP contribution in [0.5, 0.6) is 0 Å². The van der Waals surface area contributed by atoms with Gasteiger partial charge in [-0.2, -0.15) is 0 Å². The number of pyridine rings is 1. The van der Waals surface area contributed by atoms with Crippen molar-refractivity contribution in [2.24, 2.45) is 5.92 Å². The minimum atomic E-state index is -0.695. The first-order valence-corrected chi connectivity index (χ1v) is 18.3. The highest BCUT2D eigenvalue weighted by molar-refractivity contribution is 6.04. The number of amides is 4. The van der Waals surface area contributed by atoms with E-state index in [-0.39, 0.29) is 30.3 Å². The molecule has 5 N–H and O–H groups in total. The highest BCUT2D eigenvalue weighted by Gasteiger charge is 2.37. The second kappa shape index (κ2) is 17.6. The fourth-order valence-corrected chi connectivity index (χ4v) is 6.57. The van der Waals surface area contributed by atoms with Crippen LogP contribution in [0.2, 0.25) is 0 Å². The highest BCUT2D eigenvalue weighted by atomic mass is 16.5. The van der Waals surface area contributed by atoms with E-state index in [0.29, 0.717) is 13.1 Å². The summed E-state index contributed by atoms with van der Waals surface area (Å²) >= 11 is 0. The molecular formula is C40H45N9O6. The largest absolute Gasteiger partial charge is 0.453 e. The SMILES string of the molecule is COC(=O)NCC(=O)NCCCCc1ncc(-c2ccc(C#Cc3ccc4c(ccc5[nH]c(C6CCCN6C(=O)C(NC(=O)OC)C(C)C)nc54)c3)cn2)[nH]1. The zero-order valence-electron chi connectivity index (χ0n) is 31.3. The van der Waals surface area contributed by atoms with Gasteiger partial charge >= 0.3 is 12.2 Å². The Balaban J connectivity index is 1.06. The number of nitrogens with zero attached hydrogens (tertiary/aromatic N) is 4. The summed E-state index contributed by atoms with van der Waals surface area (Å²) in [5.74, 6) is 7.50. The molecular weight excluding hydrogens is 702 g/mol. The number of unbranched alkanes of at least 4 members (excludes halogenated alkanes) is 1. The van der Waals surface area contributed by atoms with Gasteiger partial charge in [-0.1, -0.05) is 37.8 Å². The number of ether oxygens (including phenoxy) is 2. The van der Waals surface area contributed by atoms with Crippen molar-refractivity contribution in [2.75, 3.05) is 33.9 Å². The Kier molecular flexibility index (Phi) is 12.3. The Morgan fingerprint density at radius 1 is 0.927 bits per heavy atom. The van der Waals surface area contributed by atoms with E-state index in [1.807, 2.05) is 61.2 Å². The molecule has 6 rings (SSSR count). The number of rotatable bonds is 12. The molecule has 1 aliphatic rings. The molecule has 0 aliphatic carbocycles. The summed E-state index contributed by atoms with van der Waals surface area (Å²) in [5, 5.41) is 9.78. The van der Waals surface area contributed by atoms with E-state index in [9.17, 15) is 19.2 Å². The van der Waals surface area contributed by atoms with Crippen LogP contribution in [0.25, 0.3) is 33.2 Å². The Morgan fingerprint density at radius 3 is 2.49 bits per heavy atom. The maximum absolute atomic E-state index is 13.6. The van der Waals surface area contributed by atoms with Crippen molar-refractivity contribution in [2.45, 2.75) is 58.0 Å². The molecule has 0 radical (unpaired) electrons. The number of aromatic amines is 2. The Morgan fingerprint density at radius 2 is 1.73 bits per heavy atom. The number of carbonyl (C=O) groups is 4. The van der Waals surface area contributed by atoms with E-state index < -0.39 is 18.2 Å². The number of hydrogen-bond acceptors (Lipinski definition) is 9. The third-order valence-corrected chi connectivity index (χ3v) is 9.49. The highest BCUT2D eigenvalue weighted by Crippen LogP contribution is 2.34. The molecule has 15 nitrogen and oxygen atoms in total. The first-order valence-electron chi connectivity index (χ1n) is 18.3. The van der Waals surface area contributed by atoms with E-state index >= 15 is 0 Å². The van der Waals surface area contributed by atoms with Crippen LogP contribution in [0.1, 0.15) is 68.3 Å². The summed E-state index contributed by atoms with van der Waals surface area (Å²) in [6.07, 6.45) is 6.14. The summed E-state index contributed by atoms with van der Waals surface area (Å²) in [4.78, 5) is 71.0. The number of nitrogens with one attached hydrogen (secondary N) is 5. The number of alkyl carbamates (subject to hydrolysis) is 2. The van der Waals surface area contributed by atoms with Gasteiger partial charge in [-0.3, -0.25) is 14.6 Å². The lowest BCUT2D eigenvalue weighted by atomic mass is 10.0. The lowest BCUT2D eigenvalue weighted by molar-refractivity contribution is -0.135. The first-order chi connectivity index (χ1) is 26.6. The second-order valence-corrected chi connectivity index (χ2v) is 13.6. The maximum Gasteiger partial charge on any atom is 0.407 e. The molecule has 1 aliphatic heterocycles. The predicted octanol–water partition coefficient (Wildman–Crippen LogP) is 4.74. The Labute approximate surface area is 318 Å². The second-order valence-electron chi connectivity index (χ2n) is 13.6. The van der Waals surface area contributed by atoms with E-state index in [1.54, 1.807) is 12.4 Å². The molecule has 55 heavy (non-hydrogen) atoms. The molecule has 3 aromatic heterocycles. The number of H-pyrrole nitrogens is 2. The number of hydrogen-bond donors (Lipinski definition) is 5. The van der Waals surface area contributed by atoms with Gasteiger partial charge in [0.25, 0.3) is 0 Å². The topological polar surface area (TPSA) is 196 Å². The van der Waals surface area contributed by atoms with Gasteiger partial charge < -0.3 is 40.3 Å². The molecule has 0 bridgehead atoms. The van der Waals surface area contributed by atoms with Gasteiger partial charge in [0.2, 0.25) is 11.8 Å². The summed E-state index contributed by atoms with van der Waals surface area (Å²) < 4.78 is 9.21. The van der Waals surface area contributed by atoms with Crippen LogP contribution >= 0.6 is 0 Å². The third kappa shape index (κ3) is 9.39. The zero-order valence-corrected chi connectivity index (χ0v) is 31.3. The van der Waals surface area contributed by atoms with Crippen molar-refractivity contribution < 1.29 is 28.7 Å². The van der Waals surface area contributed by atoms with Gasteiger partial charge in [0, 0.05) is 42.2 Å². The number of carbonyl (C=O) groups excluding carboxylic acids is 4. The smallest absolute Gasteiger partial charge is 0.407 e. The number of benzene rings is 2. The number of likely N-dealkylation sites (tertiary alicyclic amines) is 1. The van der Waals surface area contributed by atoms with E-state index in [2.05, 4.69) is 52.5 Å². The van der Waals surface area contributed by atoms with Crippen molar-refractivity contribution in [3.63, 3.8) is 0 Å². The van der Waals surface area contributed by atoms with Crippen molar-refractivity contribution in [3.8, 4) is 23.2 Å². The van der Waals surface area contributed by atoms with Crippen molar-refractivity contribution in [1.29, 1.82) is 0 Å². The standard InChI is InChI=1S/C40H45N9O6/c1-24(2)35(48-40(53)55-4)38(51)49-19-7-8-32(49)37-46-30-17-14-27-20-25(12-15-28(27)36(30)47-37)10-11-26-13-16-29(42-21-26)31-22-43-33(45-31)9-5-6-18-41-34(50)23-44-39(52)54-3/h12-17,20-22,24,32,35H,5-9,18-19,23H2,1-4H3,(H,41,50)(H,43,45)(H,44,52)(H,46,47)(H,48,53). The quantitative estimate of drug-likeness (QED) is 0.0885. The number of aryl methyl sites for hydroxylation is 1. The molecule has 5 aromatic rings. The van der Waals surface area contributed by atoms with Crippen LogP contribution in [-0.2, 0) is 25.5 Å². The molecule has 2 unspecified atom stereocenters. The normalized spacial score (nSPS) is 14.3. The van der Waals surface area contributed by atoms with Crippen molar-refractivity contribution >= 4 is 45.8 Å². The van der Waals surface area contributed by atoms with Gasteiger partial charge in [0.05, 0.1) is 55.4 Å². The number of aromatic nitrogens is 5. The van der Waals surface area contributed by atoms with Crippen molar-refractivity contribution in [3.05, 3.63) is 77.6 Å². The predicted molar refractivity (Wildman–Crippen MR) is 206 cm³/mol. The van der Waals surface area contributed by atoms with E-state index in [4.69, 9.17) is 9.72 Å². The number of fused-ring (bicyclic) bond motifs is 3. The summed E-state index contributed by atoms with van der Waals surface area (Å²) in [7, 11) is 2.53. The van der Waals surface area contributed by atoms with Gasteiger partial charge in [0.15, 0.2) is 0 Å². The van der Waals surface area contributed by atoms with Gasteiger partial charge in [0.1, 0.15) is 17.7 Å².